The third-order valence-corrected chi connectivity index (χ3v) is 5.21. The van der Waals surface area contributed by atoms with Crippen LogP contribution in [-0.4, -0.2) is 32.8 Å². The average Bonchev–Trinajstić information content (AvgIpc) is 3.40. The van der Waals surface area contributed by atoms with E-state index in [0.717, 1.165) is 5.56 Å². The second kappa shape index (κ2) is 6.80. The van der Waals surface area contributed by atoms with E-state index in [4.69, 9.17) is 4.74 Å². The molecule has 2 aliphatic rings. The standard InChI is InChI=1S/C19H16F2N6O2/c20-11-1-3-12(4-2-11)22-19(28)23-17-14(9-27-18(17)24-25-26-27)13-7-10-5-6-29-16(10)8-15(13)21/h1-4,7-8,14,17H,5-6,9H2,(H2,22,23,28)/t14-,17-/m0/s1. The van der Waals surface area contributed by atoms with E-state index >= 15 is 0 Å². The molecule has 2 N–H and O–H groups in total. The zero-order valence-electron chi connectivity index (χ0n) is 15.1. The van der Waals surface area contributed by atoms with Crippen molar-refractivity contribution in [1.29, 1.82) is 0 Å². The highest BCUT2D eigenvalue weighted by atomic mass is 19.1. The number of tetrazole rings is 1. The molecule has 2 amide bonds. The van der Waals surface area contributed by atoms with Gasteiger partial charge in [-0.2, -0.15) is 0 Å². The number of ether oxygens (including phenoxy) is 1. The lowest BCUT2D eigenvalue weighted by Crippen LogP contribution is -2.34. The fourth-order valence-corrected chi connectivity index (χ4v) is 3.82. The molecule has 3 heterocycles. The first kappa shape index (κ1) is 17.5. The molecule has 0 saturated heterocycles. The van der Waals surface area contributed by atoms with Gasteiger partial charge in [0, 0.05) is 24.1 Å². The highest BCUT2D eigenvalue weighted by Crippen LogP contribution is 2.40. The number of amides is 2. The summed E-state index contributed by atoms with van der Waals surface area (Å²) in [5.74, 6) is -0.208. The normalized spacial score (nSPS) is 19.4. The van der Waals surface area contributed by atoms with Crippen molar-refractivity contribution < 1.29 is 18.3 Å². The molecule has 2 atom stereocenters. The summed E-state index contributed by atoms with van der Waals surface area (Å²) in [6, 6.07) is 7.42. The Kier molecular flexibility index (Phi) is 4.11. The van der Waals surface area contributed by atoms with Gasteiger partial charge in [0.05, 0.1) is 13.2 Å². The Balaban J connectivity index is 1.42. The number of carbonyl (C=O) groups excluding carboxylic acids is 1. The Bertz CT molecular complexity index is 1080. The van der Waals surface area contributed by atoms with Gasteiger partial charge >= 0.3 is 6.03 Å². The molecule has 3 aromatic rings. The lowest BCUT2D eigenvalue weighted by Gasteiger charge is -2.21. The maximum Gasteiger partial charge on any atom is 0.319 e. The second-order valence-electron chi connectivity index (χ2n) is 6.99. The number of nitrogens with one attached hydrogen (secondary N) is 2. The van der Waals surface area contributed by atoms with Crippen molar-refractivity contribution in [3.8, 4) is 5.75 Å². The first-order valence-electron chi connectivity index (χ1n) is 9.13. The van der Waals surface area contributed by atoms with Gasteiger partial charge in [-0.05, 0) is 51.9 Å². The zero-order chi connectivity index (χ0) is 20.0. The van der Waals surface area contributed by atoms with E-state index in [9.17, 15) is 13.6 Å². The molecule has 0 aliphatic carbocycles. The molecule has 8 nitrogen and oxygen atoms in total. The number of rotatable bonds is 3. The van der Waals surface area contributed by atoms with E-state index in [1.165, 1.54) is 30.3 Å². The minimum atomic E-state index is -0.625. The number of fused-ring (bicyclic) bond motifs is 2. The SMILES string of the molecule is O=C(Nc1ccc(F)cc1)N[C@@H]1c2nnnn2C[C@H]1c1cc2c(cc1F)OCC2. The summed E-state index contributed by atoms with van der Waals surface area (Å²) < 4.78 is 34.8. The number of hydrogen-bond donors (Lipinski definition) is 2. The summed E-state index contributed by atoms with van der Waals surface area (Å²) in [7, 11) is 0. The summed E-state index contributed by atoms with van der Waals surface area (Å²) in [5, 5.41) is 17.0. The Labute approximate surface area is 163 Å². The molecular weight excluding hydrogens is 382 g/mol. The van der Waals surface area contributed by atoms with Gasteiger partial charge in [0.25, 0.3) is 0 Å². The number of hydrogen-bond acceptors (Lipinski definition) is 5. The van der Waals surface area contributed by atoms with Gasteiger partial charge in [-0.15, -0.1) is 5.10 Å². The number of nitrogens with zero attached hydrogens (tertiary/aromatic N) is 4. The van der Waals surface area contributed by atoms with Gasteiger partial charge in [-0.25, -0.2) is 18.3 Å². The Morgan fingerprint density at radius 3 is 2.86 bits per heavy atom. The monoisotopic (exact) mass is 398 g/mol. The topological polar surface area (TPSA) is 94.0 Å². The van der Waals surface area contributed by atoms with Crippen molar-refractivity contribution in [2.75, 3.05) is 11.9 Å². The minimum Gasteiger partial charge on any atom is -0.493 e. The van der Waals surface area contributed by atoms with Gasteiger partial charge in [0.2, 0.25) is 0 Å². The fourth-order valence-electron chi connectivity index (χ4n) is 3.82. The van der Waals surface area contributed by atoms with Crippen LogP contribution in [0.25, 0.3) is 0 Å². The van der Waals surface area contributed by atoms with Crippen molar-refractivity contribution in [1.82, 2.24) is 25.5 Å². The maximum atomic E-state index is 14.8. The predicted molar refractivity (Wildman–Crippen MR) is 97.5 cm³/mol. The lowest BCUT2D eigenvalue weighted by molar-refractivity contribution is 0.246. The molecule has 0 fully saturated rings. The van der Waals surface area contributed by atoms with Crippen LogP contribution in [0.5, 0.6) is 5.75 Å². The van der Waals surface area contributed by atoms with Gasteiger partial charge in [-0.3, -0.25) is 0 Å². The molecule has 2 aliphatic heterocycles. The quantitative estimate of drug-likeness (QED) is 0.707. The molecule has 1 aromatic heterocycles. The zero-order valence-corrected chi connectivity index (χ0v) is 15.1. The molecule has 0 unspecified atom stereocenters. The third kappa shape index (κ3) is 3.16. The molecule has 5 rings (SSSR count). The van der Waals surface area contributed by atoms with Crippen molar-refractivity contribution in [3.05, 3.63) is 65.0 Å². The van der Waals surface area contributed by atoms with Gasteiger partial charge in [-0.1, -0.05) is 0 Å². The van der Waals surface area contributed by atoms with E-state index < -0.39 is 29.6 Å². The van der Waals surface area contributed by atoms with Gasteiger partial charge in [0.1, 0.15) is 23.4 Å². The van der Waals surface area contributed by atoms with E-state index in [-0.39, 0.29) is 0 Å². The predicted octanol–water partition coefficient (Wildman–Crippen LogP) is 2.55. The molecule has 10 heteroatoms. The van der Waals surface area contributed by atoms with Crippen molar-refractivity contribution in [2.45, 2.75) is 24.9 Å². The Morgan fingerprint density at radius 1 is 1.21 bits per heavy atom. The Hall–Kier alpha value is -3.56. The summed E-state index contributed by atoms with van der Waals surface area (Å²) in [6.07, 6.45) is 0.711. The minimum absolute atomic E-state index is 0.334. The van der Waals surface area contributed by atoms with Gasteiger partial charge in [0.15, 0.2) is 5.82 Å². The van der Waals surface area contributed by atoms with Crippen LogP contribution in [0.4, 0.5) is 19.3 Å². The summed E-state index contributed by atoms with van der Waals surface area (Å²) in [5.41, 5.74) is 1.83. The van der Waals surface area contributed by atoms with Crippen LogP contribution in [0.15, 0.2) is 36.4 Å². The fraction of sp³-hybridized carbons (Fsp3) is 0.263. The van der Waals surface area contributed by atoms with Crippen LogP contribution >= 0.6 is 0 Å². The van der Waals surface area contributed by atoms with Crippen LogP contribution in [-0.2, 0) is 13.0 Å². The number of aromatic nitrogens is 4. The molecule has 0 spiro atoms. The highest BCUT2D eigenvalue weighted by Gasteiger charge is 2.39. The lowest BCUT2D eigenvalue weighted by atomic mass is 9.91. The summed E-state index contributed by atoms with van der Waals surface area (Å²) >= 11 is 0. The molecule has 29 heavy (non-hydrogen) atoms. The third-order valence-electron chi connectivity index (χ3n) is 5.21. The van der Waals surface area contributed by atoms with Gasteiger partial charge < -0.3 is 15.4 Å². The number of anilines is 1. The van der Waals surface area contributed by atoms with E-state index in [1.807, 2.05) is 0 Å². The molecule has 148 valence electrons. The second-order valence-corrected chi connectivity index (χ2v) is 6.99. The first-order valence-corrected chi connectivity index (χ1v) is 9.13. The number of urea groups is 1. The van der Waals surface area contributed by atoms with E-state index in [0.29, 0.717) is 42.4 Å². The van der Waals surface area contributed by atoms with Crippen LogP contribution in [0, 0.1) is 11.6 Å². The average molecular weight is 398 g/mol. The summed E-state index contributed by atoms with van der Waals surface area (Å²) in [6.45, 7) is 0.859. The van der Waals surface area contributed by atoms with Crippen LogP contribution in [0.3, 0.4) is 0 Å². The Morgan fingerprint density at radius 2 is 2.03 bits per heavy atom. The number of benzene rings is 2. The smallest absolute Gasteiger partial charge is 0.319 e. The maximum absolute atomic E-state index is 14.8. The van der Waals surface area contributed by atoms with Crippen molar-refractivity contribution in [2.24, 2.45) is 0 Å². The first-order chi connectivity index (χ1) is 14.1. The molecule has 0 saturated carbocycles. The molecule has 0 radical (unpaired) electrons. The largest absolute Gasteiger partial charge is 0.493 e. The highest BCUT2D eigenvalue weighted by molar-refractivity contribution is 5.89. The van der Waals surface area contributed by atoms with Crippen molar-refractivity contribution in [3.63, 3.8) is 0 Å². The van der Waals surface area contributed by atoms with Crippen LogP contribution < -0.4 is 15.4 Å². The molecule has 2 aromatic carbocycles. The van der Waals surface area contributed by atoms with E-state index in [2.05, 4.69) is 26.2 Å². The summed E-state index contributed by atoms with van der Waals surface area (Å²) in [4.78, 5) is 12.5. The van der Waals surface area contributed by atoms with E-state index in [1.54, 1.807) is 10.7 Å². The van der Waals surface area contributed by atoms with Crippen LogP contribution in [0.2, 0.25) is 0 Å². The molecular formula is C19H16F2N6O2. The molecule has 0 bridgehead atoms. The number of carbonyl (C=O) groups is 1. The number of halogens is 2. The van der Waals surface area contributed by atoms with Crippen LogP contribution in [0.1, 0.15) is 28.9 Å². The van der Waals surface area contributed by atoms with Crippen molar-refractivity contribution >= 4 is 11.7 Å².